The molecule has 6 nitrogen and oxygen atoms in total. The molecule has 0 aliphatic heterocycles. The van der Waals surface area contributed by atoms with E-state index in [9.17, 15) is 9.59 Å². The van der Waals surface area contributed by atoms with Crippen LogP contribution in [0.5, 0.6) is 0 Å². The Morgan fingerprint density at radius 1 is 1.38 bits per heavy atom. The van der Waals surface area contributed by atoms with E-state index in [1.54, 1.807) is 17.7 Å². The molecule has 0 aliphatic carbocycles. The van der Waals surface area contributed by atoms with E-state index >= 15 is 0 Å². The first-order valence-electron chi connectivity index (χ1n) is 8.05. The zero-order valence-electron chi connectivity index (χ0n) is 14.1. The quantitative estimate of drug-likeness (QED) is 0.426. The van der Waals surface area contributed by atoms with Gasteiger partial charge in [-0.15, -0.1) is 0 Å². The molecule has 1 aromatic heterocycles. The van der Waals surface area contributed by atoms with Gasteiger partial charge in [-0.05, 0) is 25.0 Å². The van der Waals surface area contributed by atoms with Crippen molar-refractivity contribution in [3.05, 3.63) is 34.6 Å². The number of ether oxygens (including phenoxy) is 1. The molecule has 0 unspecified atom stereocenters. The third-order valence-corrected chi connectivity index (χ3v) is 4.43. The van der Waals surface area contributed by atoms with Gasteiger partial charge in [-0.25, -0.2) is 4.98 Å². The van der Waals surface area contributed by atoms with Crippen LogP contribution in [-0.4, -0.2) is 41.5 Å². The third kappa shape index (κ3) is 4.82. The highest BCUT2D eigenvalue weighted by Gasteiger charge is 2.12. The molecule has 2 rings (SSSR count). The average molecular weight is 349 g/mol. The van der Waals surface area contributed by atoms with Gasteiger partial charge in [-0.2, -0.15) is 0 Å². The number of hydrogen-bond donors (Lipinski definition) is 1. The first kappa shape index (κ1) is 18.5. The van der Waals surface area contributed by atoms with Crippen molar-refractivity contribution in [3.8, 4) is 0 Å². The van der Waals surface area contributed by atoms with Crippen LogP contribution in [0.25, 0.3) is 10.9 Å². The van der Waals surface area contributed by atoms with Gasteiger partial charge in [0.2, 0.25) is 5.91 Å². The summed E-state index contributed by atoms with van der Waals surface area (Å²) in [7, 11) is 1.63. The molecule has 1 N–H and O–H groups in total. The number of nitrogens with one attached hydrogen (secondary N) is 1. The third-order valence-electron chi connectivity index (χ3n) is 3.45. The van der Waals surface area contributed by atoms with Crippen LogP contribution in [0.2, 0.25) is 0 Å². The number of nitrogens with zero attached hydrogens (tertiary/aromatic N) is 2. The highest BCUT2D eigenvalue weighted by Crippen LogP contribution is 2.17. The van der Waals surface area contributed by atoms with Crippen LogP contribution >= 0.6 is 11.8 Å². The van der Waals surface area contributed by atoms with Gasteiger partial charge in [0, 0.05) is 26.8 Å². The maximum Gasteiger partial charge on any atom is 0.262 e. The molecule has 0 saturated heterocycles. The number of aromatic nitrogens is 2. The summed E-state index contributed by atoms with van der Waals surface area (Å²) < 4.78 is 6.60. The number of carbonyl (C=O) groups is 1. The Morgan fingerprint density at radius 3 is 2.92 bits per heavy atom. The molecule has 130 valence electrons. The monoisotopic (exact) mass is 349 g/mol. The van der Waals surface area contributed by atoms with Gasteiger partial charge < -0.3 is 10.1 Å². The first-order chi connectivity index (χ1) is 11.7. The Balaban J connectivity index is 2.11. The SMILES string of the molecule is CCCn1c(SCC(=O)NCCCOC)nc2ccccc2c1=O. The fourth-order valence-corrected chi connectivity index (χ4v) is 3.16. The molecule has 0 atom stereocenters. The Labute approximate surface area is 145 Å². The molecule has 0 aliphatic rings. The zero-order chi connectivity index (χ0) is 17.4. The molecule has 1 aromatic carbocycles. The number of hydrogen-bond acceptors (Lipinski definition) is 5. The standard InChI is InChI=1S/C17H23N3O3S/c1-3-10-20-16(22)13-7-4-5-8-14(13)19-17(20)24-12-15(21)18-9-6-11-23-2/h4-5,7-8H,3,6,9-12H2,1-2H3,(H,18,21). The highest BCUT2D eigenvalue weighted by molar-refractivity contribution is 7.99. The fourth-order valence-electron chi connectivity index (χ4n) is 2.30. The lowest BCUT2D eigenvalue weighted by molar-refractivity contribution is -0.118. The maximum absolute atomic E-state index is 12.6. The van der Waals surface area contributed by atoms with Gasteiger partial charge in [0.1, 0.15) is 0 Å². The van der Waals surface area contributed by atoms with Crippen molar-refractivity contribution < 1.29 is 9.53 Å². The number of para-hydroxylation sites is 1. The van der Waals surface area contributed by atoms with E-state index < -0.39 is 0 Å². The number of benzene rings is 1. The largest absolute Gasteiger partial charge is 0.385 e. The molecule has 2 aromatic rings. The van der Waals surface area contributed by atoms with Crippen LogP contribution in [0.1, 0.15) is 19.8 Å². The van der Waals surface area contributed by atoms with E-state index in [-0.39, 0.29) is 17.2 Å². The normalized spacial score (nSPS) is 10.9. The summed E-state index contributed by atoms with van der Waals surface area (Å²) in [6.45, 7) is 3.81. The van der Waals surface area contributed by atoms with Crippen LogP contribution in [-0.2, 0) is 16.1 Å². The lowest BCUT2D eigenvalue weighted by Crippen LogP contribution is -2.28. The van der Waals surface area contributed by atoms with Crippen LogP contribution in [0.3, 0.4) is 0 Å². The predicted octanol–water partition coefficient (Wildman–Crippen LogP) is 2.05. The van der Waals surface area contributed by atoms with Crippen LogP contribution in [0, 0.1) is 0 Å². The Morgan fingerprint density at radius 2 is 2.17 bits per heavy atom. The molecule has 1 amide bonds. The number of fused-ring (bicyclic) bond motifs is 1. The van der Waals surface area contributed by atoms with E-state index in [1.807, 2.05) is 25.1 Å². The highest BCUT2D eigenvalue weighted by atomic mass is 32.2. The summed E-state index contributed by atoms with van der Waals surface area (Å²) in [5.41, 5.74) is 0.614. The Hall–Kier alpha value is -1.86. The number of thioether (sulfide) groups is 1. The van der Waals surface area contributed by atoms with E-state index in [1.165, 1.54) is 11.8 Å². The Bertz CT molecular complexity index is 745. The lowest BCUT2D eigenvalue weighted by atomic mass is 10.2. The van der Waals surface area contributed by atoms with Gasteiger partial charge in [0.25, 0.3) is 5.56 Å². The molecule has 0 fully saturated rings. The molecule has 0 bridgehead atoms. The summed E-state index contributed by atoms with van der Waals surface area (Å²) in [5.74, 6) is 0.170. The van der Waals surface area contributed by atoms with Crippen molar-refractivity contribution >= 4 is 28.6 Å². The molecule has 0 radical (unpaired) electrons. The van der Waals surface area contributed by atoms with Crippen molar-refractivity contribution in [2.24, 2.45) is 0 Å². The summed E-state index contributed by atoms with van der Waals surface area (Å²) >= 11 is 1.30. The first-order valence-corrected chi connectivity index (χ1v) is 9.04. The minimum atomic E-state index is -0.0680. The van der Waals surface area contributed by atoms with Crippen molar-refractivity contribution in [1.82, 2.24) is 14.9 Å². The molecule has 1 heterocycles. The van der Waals surface area contributed by atoms with Crippen LogP contribution in [0.15, 0.2) is 34.2 Å². The van der Waals surface area contributed by atoms with Gasteiger partial charge >= 0.3 is 0 Å². The second kappa shape index (κ2) is 9.44. The molecular formula is C17H23N3O3S. The number of rotatable bonds is 9. The molecule has 7 heteroatoms. The minimum Gasteiger partial charge on any atom is -0.385 e. The van der Waals surface area contributed by atoms with Crippen LogP contribution in [0.4, 0.5) is 0 Å². The van der Waals surface area contributed by atoms with Gasteiger partial charge in [0.15, 0.2) is 5.16 Å². The van der Waals surface area contributed by atoms with E-state index in [0.717, 1.165) is 12.8 Å². The van der Waals surface area contributed by atoms with E-state index in [0.29, 0.717) is 35.8 Å². The van der Waals surface area contributed by atoms with Gasteiger partial charge in [-0.1, -0.05) is 30.8 Å². The van der Waals surface area contributed by atoms with Gasteiger partial charge in [0.05, 0.1) is 16.7 Å². The van der Waals surface area contributed by atoms with Gasteiger partial charge in [-0.3, -0.25) is 14.2 Å². The maximum atomic E-state index is 12.6. The van der Waals surface area contributed by atoms with Crippen molar-refractivity contribution in [3.63, 3.8) is 0 Å². The number of amides is 1. The Kier molecular flexibility index (Phi) is 7.27. The second-order valence-corrected chi connectivity index (χ2v) is 6.30. The minimum absolute atomic E-state index is 0.0505. The smallest absolute Gasteiger partial charge is 0.262 e. The summed E-state index contributed by atoms with van der Waals surface area (Å²) in [5, 5.41) is 4.04. The topological polar surface area (TPSA) is 73.2 Å². The summed E-state index contributed by atoms with van der Waals surface area (Å²) in [6, 6.07) is 7.30. The molecular weight excluding hydrogens is 326 g/mol. The van der Waals surface area contributed by atoms with Crippen molar-refractivity contribution in [1.29, 1.82) is 0 Å². The number of carbonyl (C=O) groups excluding carboxylic acids is 1. The average Bonchev–Trinajstić information content (AvgIpc) is 2.60. The summed E-state index contributed by atoms with van der Waals surface area (Å²) in [4.78, 5) is 29.1. The van der Waals surface area contributed by atoms with Crippen molar-refractivity contribution in [2.75, 3.05) is 26.0 Å². The second-order valence-electron chi connectivity index (χ2n) is 5.35. The molecule has 0 spiro atoms. The lowest BCUT2D eigenvalue weighted by Gasteiger charge is -2.12. The van der Waals surface area contributed by atoms with E-state index in [4.69, 9.17) is 4.74 Å². The number of methoxy groups -OCH3 is 1. The zero-order valence-corrected chi connectivity index (χ0v) is 14.9. The van der Waals surface area contributed by atoms with E-state index in [2.05, 4.69) is 10.3 Å². The predicted molar refractivity (Wildman–Crippen MR) is 96.5 cm³/mol. The molecule has 24 heavy (non-hydrogen) atoms. The van der Waals surface area contributed by atoms with Crippen LogP contribution < -0.4 is 10.9 Å². The summed E-state index contributed by atoms with van der Waals surface area (Å²) in [6.07, 6.45) is 1.61. The molecule has 0 saturated carbocycles. The van der Waals surface area contributed by atoms with Crippen molar-refractivity contribution in [2.45, 2.75) is 31.5 Å². The fraction of sp³-hybridized carbons (Fsp3) is 0.471.